The van der Waals surface area contributed by atoms with E-state index in [-0.39, 0.29) is 0 Å². The molecule has 1 aliphatic carbocycles. The van der Waals surface area contributed by atoms with Crippen molar-refractivity contribution in [2.45, 2.75) is 23.5 Å². The number of allylic oxidation sites excluding steroid dienone is 2. The van der Waals surface area contributed by atoms with Crippen LogP contribution in [0.1, 0.15) is 12.0 Å². The molecule has 1 heteroatoms. The van der Waals surface area contributed by atoms with Crippen LogP contribution >= 0.6 is 11.8 Å². The molecule has 0 radical (unpaired) electrons. The van der Waals surface area contributed by atoms with E-state index >= 15 is 0 Å². The van der Waals surface area contributed by atoms with E-state index in [0.717, 1.165) is 6.42 Å². The van der Waals surface area contributed by atoms with Crippen molar-refractivity contribution in [3.63, 3.8) is 0 Å². The Hall–Kier alpha value is -0.950. The van der Waals surface area contributed by atoms with Crippen LogP contribution in [0.3, 0.4) is 0 Å². The van der Waals surface area contributed by atoms with Gasteiger partial charge in [-0.3, -0.25) is 0 Å². The molecule has 0 heterocycles. The van der Waals surface area contributed by atoms with Gasteiger partial charge < -0.3 is 0 Å². The van der Waals surface area contributed by atoms with Crippen molar-refractivity contribution in [2.24, 2.45) is 0 Å². The average Bonchev–Trinajstić information content (AvgIpc) is 2.23. The second kappa shape index (κ2) is 4.52. The van der Waals surface area contributed by atoms with Crippen molar-refractivity contribution in [1.82, 2.24) is 0 Å². The molecule has 0 nitrogen and oxygen atoms in total. The number of hydrogen-bond donors (Lipinski definition) is 0. The Bertz CT molecular complexity index is 334. The van der Waals surface area contributed by atoms with E-state index in [0.29, 0.717) is 5.25 Å². The Morgan fingerprint density at radius 3 is 2.36 bits per heavy atom. The SMILES string of the molecule is Cc1ccc(SC2C=CCC=C2)cc1. The summed E-state index contributed by atoms with van der Waals surface area (Å²) in [6.45, 7) is 2.12. The van der Waals surface area contributed by atoms with Crippen molar-refractivity contribution in [1.29, 1.82) is 0 Å². The van der Waals surface area contributed by atoms with Crippen molar-refractivity contribution in [3.8, 4) is 0 Å². The molecule has 1 aromatic rings. The van der Waals surface area contributed by atoms with Gasteiger partial charge in [-0.25, -0.2) is 0 Å². The van der Waals surface area contributed by atoms with Gasteiger partial charge in [-0.1, -0.05) is 42.0 Å². The summed E-state index contributed by atoms with van der Waals surface area (Å²) in [6, 6.07) is 8.71. The van der Waals surface area contributed by atoms with Gasteiger partial charge >= 0.3 is 0 Å². The van der Waals surface area contributed by atoms with E-state index in [1.165, 1.54) is 10.5 Å². The predicted molar refractivity (Wildman–Crippen MR) is 63.7 cm³/mol. The Balaban J connectivity index is 2.03. The number of benzene rings is 1. The second-order valence-corrected chi connectivity index (χ2v) is 4.74. The number of aryl methyl sites for hydroxylation is 1. The number of rotatable bonds is 2. The van der Waals surface area contributed by atoms with Crippen LogP contribution in [0.25, 0.3) is 0 Å². The lowest BCUT2D eigenvalue weighted by molar-refractivity contribution is 1.24. The minimum absolute atomic E-state index is 0.520. The van der Waals surface area contributed by atoms with Gasteiger partial charge in [0.25, 0.3) is 0 Å². The summed E-state index contributed by atoms with van der Waals surface area (Å²) in [5.74, 6) is 0. The molecular formula is C13H14S. The monoisotopic (exact) mass is 202 g/mol. The minimum atomic E-state index is 0.520. The van der Waals surface area contributed by atoms with Crippen LogP contribution in [0.2, 0.25) is 0 Å². The molecule has 14 heavy (non-hydrogen) atoms. The highest BCUT2D eigenvalue weighted by atomic mass is 32.2. The Kier molecular flexibility index (Phi) is 3.10. The highest BCUT2D eigenvalue weighted by Gasteiger charge is 2.04. The first-order chi connectivity index (χ1) is 6.84. The fourth-order valence-corrected chi connectivity index (χ4v) is 2.41. The molecule has 1 aliphatic rings. The molecule has 0 N–H and O–H groups in total. The van der Waals surface area contributed by atoms with Crippen LogP contribution in [0.4, 0.5) is 0 Å². The van der Waals surface area contributed by atoms with Gasteiger partial charge in [-0.05, 0) is 25.5 Å². The van der Waals surface area contributed by atoms with Gasteiger partial charge in [-0.2, -0.15) is 0 Å². The smallest absolute Gasteiger partial charge is 0.0455 e. The highest BCUT2D eigenvalue weighted by Crippen LogP contribution is 2.26. The van der Waals surface area contributed by atoms with Gasteiger partial charge in [0.15, 0.2) is 0 Å². The summed E-state index contributed by atoms with van der Waals surface area (Å²) in [7, 11) is 0. The summed E-state index contributed by atoms with van der Waals surface area (Å²) >= 11 is 1.90. The number of thioether (sulfide) groups is 1. The van der Waals surface area contributed by atoms with Crippen LogP contribution in [-0.2, 0) is 0 Å². The molecule has 0 aromatic heterocycles. The van der Waals surface area contributed by atoms with Gasteiger partial charge in [0.1, 0.15) is 0 Å². The lowest BCUT2D eigenvalue weighted by atomic mass is 10.2. The Morgan fingerprint density at radius 1 is 1.07 bits per heavy atom. The zero-order valence-corrected chi connectivity index (χ0v) is 9.13. The topological polar surface area (TPSA) is 0 Å². The molecule has 72 valence electrons. The molecule has 0 saturated heterocycles. The summed E-state index contributed by atoms with van der Waals surface area (Å²) in [5, 5.41) is 0.520. The van der Waals surface area contributed by atoms with Crippen LogP contribution in [0.5, 0.6) is 0 Å². The maximum absolute atomic E-state index is 2.27. The van der Waals surface area contributed by atoms with Crippen LogP contribution in [0, 0.1) is 6.92 Å². The maximum Gasteiger partial charge on any atom is 0.0455 e. The van der Waals surface area contributed by atoms with Crippen molar-refractivity contribution < 1.29 is 0 Å². The molecule has 0 aliphatic heterocycles. The molecule has 0 fully saturated rings. The van der Waals surface area contributed by atoms with E-state index in [9.17, 15) is 0 Å². The van der Waals surface area contributed by atoms with Crippen molar-refractivity contribution in [2.75, 3.05) is 0 Å². The summed E-state index contributed by atoms with van der Waals surface area (Å²) < 4.78 is 0. The zero-order chi connectivity index (χ0) is 9.80. The first kappa shape index (κ1) is 9.60. The molecule has 0 unspecified atom stereocenters. The molecule has 1 aromatic carbocycles. The second-order valence-electron chi connectivity index (χ2n) is 3.49. The fraction of sp³-hybridized carbons (Fsp3) is 0.231. The lowest BCUT2D eigenvalue weighted by Gasteiger charge is -2.10. The first-order valence-corrected chi connectivity index (χ1v) is 5.79. The highest BCUT2D eigenvalue weighted by molar-refractivity contribution is 8.00. The van der Waals surface area contributed by atoms with Gasteiger partial charge in [0.2, 0.25) is 0 Å². The first-order valence-electron chi connectivity index (χ1n) is 4.91. The van der Waals surface area contributed by atoms with E-state index in [2.05, 4.69) is 55.5 Å². The van der Waals surface area contributed by atoms with Gasteiger partial charge in [0.05, 0.1) is 0 Å². The zero-order valence-electron chi connectivity index (χ0n) is 8.31. The minimum Gasteiger partial charge on any atom is -0.114 e. The van der Waals surface area contributed by atoms with Crippen LogP contribution in [0.15, 0.2) is 53.5 Å². The molecule has 0 amide bonds. The molecule has 0 spiro atoms. The predicted octanol–water partition coefficient (Wildman–Crippen LogP) is 3.97. The van der Waals surface area contributed by atoms with E-state index in [4.69, 9.17) is 0 Å². The molecule has 0 bridgehead atoms. The van der Waals surface area contributed by atoms with Crippen molar-refractivity contribution in [3.05, 3.63) is 54.1 Å². The summed E-state index contributed by atoms with van der Waals surface area (Å²) in [4.78, 5) is 1.34. The number of hydrogen-bond acceptors (Lipinski definition) is 1. The molecular weight excluding hydrogens is 188 g/mol. The molecule has 2 rings (SSSR count). The largest absolute Gasteiger partial charge is 0.114 e. The Labute approximate surface area is 89.7 Å². The normalized spacial score (nSPS) is 16.1. The van der Waals surface area contributed by atoms with E-state index in [1.807, 2.05) is 11.8 Å². The van der Waals surface area contributed by atoms with Crippen molar-refractivity contribution >= 4 is 11.8 Å². The van der Waals surface area contributed by atoms with Crippen LogP contribution in [-0.4, -0.2) is 5.25 Å². The lowest BCUT2D eigenvalue weighted by Crippen LogP contribution is -1.95. The van der Waals surface area contributed by atoms with Gasteiger partial charge in [0, 0.05) is 10.1 Å². The van der Waals surface area contributed by atoms with Gasteiger partial charge in [-0.15, -0.1) is 11.8 Å². The summed E-state index contributed by atoms with van der Waals surface area (Å²) in [5.41, 5.74) is 1.32. The third-order valence-electron chi connectivity index (χ3n) is 2.22. The quantitative estimate of drug-likeness (QED) is 0.654. The average molecular weight is 202 g/mol. The molecule has 0 saturated carbocycles. The van der Waals surface area contributed by atoms with E-state index < -0.39 is 0 Å². The third-order valence-corrected chi connectivity index (χ3v) is 3.35. The maximum atomic E-state index is 2.27. The van der Waals surface area contributed by atoms with Crippen LogP contribution < -0.4 is 0 Å². The standard InChI is InChI=1S/C13H14S/c1-11-7-9-13(10-8-11)14-12-5-3-2-4-6-12/h3-10,12H,2H2,1H3. The third kappa shape index (κ3) is 2.52. The van der Waals surface area contributed by atoms with E-state index in [1.54, 1.807) is 0 Å². The fourth-order valence-electron chi connectivity index (χ4n) is 1.42. The Morgan fingerprint density at radius 2 is 1.71 bits per heavy atom. The molecule has 0 atom stereocenters. The summed E-state index contributed by atoms with van der Waals surface area (Å²) in [6.07, 6.45) is 10.1.